The van der Waals surface area contributed by atoms with E-state index in [1.807, 2.05) is 35.3 Å². The zero-order valence-electron chi connectivity index (χ0n) is 10.7. The van der Waals surface area contributed by atoms with Gasteiger partial charge in [0.05, 0.1) is 0 Å². The Bertz CT molecular complexity index is 320. The predicted octanol–water partition coefficient (Wildman–Crippen LogP) is 5.05. The van der Waals surface area contributed by atoms with Gasteiger partial charge in [-0.15, -0.1) is 35.3 Å². The summed E-state index contributed by atoms with van der Waals surface area (Å²) in [5.74, 6) is 0.719. The van der Waals surface area contributed by atoms with Crippen molar-refractivity contribution in [2.75, 3.05) is 18.8 Å². The summed E-state index contributed by atoms with van der Waals surface area (Å²) in [6, 6.07) is 4.65. The van der Waals surface area contributed by atoms with Crippen LogP contribution < -0.4 is 0 Å². The topological polar surface area (TPSA) is 0 Å². The molecule has 0 amide bonds. The SMILES string of the molecule is CSc1cc(SC)c(CC(C)C)c(SC)c1. The van der Waals surface area contributed by atoms with Crippen molar-refractivity contribution < 1.29 is 0 Å². The molecule has 0 radical (unpaired) electrons. The fourth-order valence-corrected chi connectivity index (χ4v) is 3.74. The molecule has 1 rings (SSSR count). The first-order chi connectivity index (χ1) is 7.62. The summed E-state index contributed by atoms with van der Waals surface area (Å²) in [5.41, 5.74) is 1.54. The molecule has 0 aliphatic rings. The lowest BCUT2D eigenvalue weighted by Gasteiger charge is -2.15. The average molecular weight is 273 g/mol. The summed E-state index contributed by atoms with van der Waals surface area (Å²) < 4.78 is 0. The van der Waals surface area contributed by atoms with Gasteiger partial charge in [-0.3, -0.25) is 0 Å². The molecular weight excluding hydrogens is 252 g/mol. The van der Waals surface area contributed by atoms with Crippen LogP contribution in [-0.4, -0.2) is 18.8 Å². The molecule has 0 fully saturated rings. The van der Waals surface area contributed by atoms with Crippen molar-refractivity contribution in [3.63, 3.8) is 0 Å². The van der Waals surface area contributed by atoms with E-state index < -0.39 is 0 Å². The van der Waals surface area contributed by atoms with E-state index in [2.05, 4.69) is 44.7 Å². The summed E-state index contributed by atoms with van der Waals surface area (Å²) >= 11 is 5.57. The Kier molecular flexibility index (Phi) is 6.16. The molecule has 0 aromatic heterocycles. The van der Waals surface area contributed by atoms with Crippen LogP contribution in [0.1, 0.15) is 19.4 Å². The van der Waals surface area contributed by atoms with Crippen molar-refractivity contribution >= 4 is 35.3 Å². The Morgan fingerprint density at radius 1 is 0.938 bits per heavy atom. The summed E-state index contributed by atoms with van der Waals surface area (Å²) in [7, 11) is 0. The second-order valence-corrected chi connectivity index (χ2v) is 6.68. The molecule has 0 saturated heterocycles. The Balaban J connectivity index is 3.20. The molecule has 90 valence electrons. The fourth-order valence-electron chi connectivity index (χ4n) is 1.69. The predicted molar refractivity (Wildman–Crippen MR) is 80.3 cm³/mol. The number of benzene rings is 1. The number of thioether (sulfide) groups is 3. The molecule has 0 unspecified atom stereocenters. The van der Waals surface area contributed by atoms with Crippen LogP contribution in [0.5, 0.6) is 0 Å². The van der Waals surface area contributed by atoms with Crippen molar-refractivity contribution in [2.45, 2.75) is 35.0 Å². The van der Waals surface area contributed by atoms with Crippen molar-refractivity contribution in [1.29, 1.82) is 0 Å². The first-order valence-electron chi connectivity index (χ1n) is 5.41. The molecule has 0 spiro atoms. The van der Waals surface area contributed by atoms with E-state index in [1.54, 1.807) is 0 Å². The third-order valence-electron chi connectivity index (χ3n) is 2.43. The van der Waals surface area contributed by atoms with E-state index in [0.29, 0.717) is 0 Å². The summed E-state index contributed by atoms with van der Waals surface area (Å²) in [4.78, 5) is 4.27. The fraction of sp³-hybridized carbons (Fsp3) is 0.538. The highest BCUT2D eigenvalue weighted by atomic mass is 32.2. The lowest BCUT2D eigenvalue weighted by atomic mass is 10.0. The minimum atomic E-state index is 0.719. The Morgan fingerprint density at radius 3 is 1.75 bits per heavy atom. The van der Waals surface area contributed by atoms with Crippen LogP contribution in [0.25, 0.3) is 0 Å². The van der Waals surface area contributed by atoms with Crippen molar-refractivity contribution in [3.05, 3.63) is 17.7 Å². The monoisotopic (exact) mass is 272 g/mol. The summed E-state index contributed by atoms with van der Waals surface area (Å²) in [6.07, 6.45) is 7.67. The maximum absolute atomic E-state index is 2.33. The standard InChI is InChI=1S/C13H20S3/c1-9(2)6-11-12(15-4)7-10(14-3)8-13(11)16-5/h7-9H,6H2,1-5H3. The van der Waals surface area contributed by atoms with Gasteiger partial charge in [0.1, 0.15) is 0 Å². The maximum atomic E-state index is 2.33. The van der Waals surface area contributed by atoms with Gasteiger partial charge < -0.3 is 0 Å². The van der Waals surface area contributed by atoms with E-state index in [0.717, 1.165) is 5.92 Å². The maximum Gasteiger partial charge on any atom is 0.0124 e. The molecule has 0 aliphatic carbocycles. The van der Waals surface area contributed by atoms with Crippen molar-refractivity contribution in [2.24, 2.45) is 5.92 Å². The molecule has 0 N–H and O–H groups in total. The normalized spacial score (nSPS) is 11.1. The molecule has 3 heteroatoms. The number of rotatable bonds is 5. The van der Waals surface area contributed by atoms with E-state index in [-0.39, 0.29) is 0 Å². The minimum absolute atomic E-state index is 0.719. The zero-order valence-corrected chi connectivity index (χ0v) is 13.1. The van der Waals surface area contributed by atoms with Gasteiger partial charge in [-0.05, 0) is 48.8 Å². The van der Waals surface area contributed by atoms with Gasteiger partial charge in [-0.1, -0.05) is 13.8 Å². The molecule has 0 bridgehead atoms. The molecule has 0 atom stereocenters. The molecule has 0 saturated carbocycles. The van der Waals surface area contributed by atoms with Crippen molar-refractivity contribution in [1.82, 2.24) is 0 Å². The summed E-state index contributed by atoms with van der Waals surface area (Å²) in [5, 5.41) is 0. The Hall–Kier alpha value is 0.270. The van der Waals surface area contributed by atoms with Crippen LogP contribution >= 0.6 is 35.3 Å². The largest absolute Gasteiger partial charge is 0.130 e. The second kappa shape index (κ2) is 6.87. The van der Waals surface area contributed by atoms with Gasteiger partial charge in [0.2, 0.25) is 0 Å². The number of hydrogen-bond donors (Lipinski definition) is 0. The van der Waals surface area contributed by atoms with Crippen LogP contribution in [0, 0.1) is 5.92 Å². The third kappa shape index (κ3) is 3.64. The zero-order chi connectivity index (χ0) is 12.1. The van der Waals surface area contributed by atoms with E-state index >= 15 is 0 Å². The van der Waals surface area contributed by atoms with E-state index in [9.17, 15) is 0 Å². The molecule has 0 heterocycles. The van der Waals surface area contributed by atoms with E-state index in [1.165, 1.54) is 26.7 Å². The van der Waals surface area contributed by atoms with Crippen LogP contribution in [0.4, 0.5) is 0 Å². The smallest absolute Gasteiger partial charge is 0.0124 e. The first kappa shape index (κ1) is 14.3. The minimum Gasteiger partial charge on any atom is -0.130 e. The van der Waals surface area contributed by atoms with Crippen LogP contribution in [-0.2, 0) is 6.42 Å². The second-order valence-electron chi connectivity index (χ2n) is 4.11. The third-order valence-corrected chi connectivity index (χ3v) is 4.74. The number of hydrogen-bond acceptors (Lipinski definition) is 3. The van der Waals surface area contributed by atoms with Crippen LogP contribution in [0.2, 0.25) is 0 Å². The highest BCUT2D eigenvalue weighted by molar-refractivity contribution is 8.00. The molecule has 16 heavy (non-hydrogen) atoms. The molecule has 0 nitrogen and oxygen atoms in total. The Labute approximate surface area is 112 Å². The molecule has 0 aliphatic heterocycles. The van der Waals surface area contributed by atoms with Gasteiger partial charge in [0.25, 0.3) is 0 Å². The lowest BCUT2D eigenvalue weighted by molar-refractivity contribution is 0.632. The quantitative estimate of drug-likeness (QED) is 0.688. The molecular formula is C13H20S3. The first-order valence-corrected chi connectivity index (χ1v) is 9.08. The average Bonchev–Trinajstić information content (AvgIpc) is 2.28. The molecule has 1 aromatic rings. The molecule has 1 aromatic carbocycles. The highest BCUT2D eigenvalue weighted by Crippen LogP contribution is 2.35. The van der Waals surface area contributed by atoms with Gasteiger partial charge in [-0.2, -0.15) is 0 Å². The van der Waals surface area contributed by atoms with Gasteiger partial charge in [-0.25, -0.2) is 0 Å². The van der Waals surface area contributed by atoms with Crippen molar-refractivity contribution in [3.8, 4) is 0 Å². The van der Waals surface area contributed by atoms with Crippen LogP contribution in [0.3, 0.4) is 0 Å². The van der Waals surface area contributed by atoms with Crippen LogP contribution in [0.15, 0.2) is 26.8 Å². The van der Waals surface area contributed by atoms with Gasteiger partial charge >= 0.3 is 0 Å². The summed E-state index contributed by atoms with van der Waals surface area (Å²) in [6.45, 7) is 4.58. The van der Waals surface area contributed by atoms with Gasteiger partial charge in [0.15, 0.2) is 0 Å². The van der Waals surface area contributed by atoms with Gasteiger partial charge in [0, 0.05) is 14.7 Å². The Morgan fingerprint density at radius 2 is 1.44 bits per heavy atom. The highest BCUT2D eigenvalue weighted by Gasteiger charge is 2.11. The van der Waals surface area contributed by atoms with E-state index in [4.69, 9.17) is 0 Å². The lowest BCUT2D eigenvalue weighted by Crippen LogP contribution is -1.99.